The second-order valence-corrected chi connectivity index (χ2v) is 5.74. The molecule has 0 radical (unpaired) electrons. The van der Waals surface area contributed by atoms with Crippen molar-refractivity contribution < 1.29 is 28.2 Å². The minimum absolute atomic E-state index is 0.0744. The van der Waals surface area contributed by atoms with Gasteiger partial charge in [0.05, 0.1) is 13.7 Å². The monoisotopic (exact) mass is 340 g/mol. The fourth-order valence-corrected chi connectivity index (χ4v) is 2.40. The van der Waals surface area contributed by atoms with Gasteiger partial charge in [-0.15, -0.1) is 0 Å². The van der Waals surface area contributed by atoms with E-state index in [1.54, 1.807) is 13.8 Å². The van der Waals surface area contributed by atoms with Crippen molar-refractivity contribution in [1.29, 1.82) is 0 Å². The molecule has 1 aliphatic rings. The molecule has 0 aromatic heterocycles. The van der Waals surface area contributed by atoms with Crippen molar-refractivity contribution in [3.63, 3.8) is 0 Å². The lowest BCUT2D eigenvalue weighted by molar-refractivity contribution is -0.124. The first-order valence-electron chi connectivity index (χ1n) is 7.56. The van der Waals surface area contributed by atoms with Crippen LogP contribution >= 0.6 is 0 Å². The average molecular weight is 340 g/mol. The maximum Gasteiger partial charge on any atom is 0.407 e. The highest BCUT2D eigenvalue weighted by atomic mass is 19.1. The molecular formula is C16H21FN2O5. The van der Waals surface area contributed by atoms with Crippen LogP contribution in [0.15, 0.2) is 12.1 Å². The fourth-order valence-electron chi connectivity index (χ4n) is 2.40. The van der Waals surface area contributed by atoms with Crippen LogP contribution in [0.3, 0.4) is 0 Å². The van der Waals surface area contributed by atoms with Crippen LogP contribution in [0.2, 0.25) is 0 Å². The summed E-state index contributed by atoms with van der Waals surface area (Å²) in [6.07, 6.45) is -0.688. The van der Waals surface area contributed by atoms with Gasteiger partial charge < -0.3 is 24.8 Å². The van der Waals surface area contributed by atoms with Gasteiger partial charge in [-0.25, -0.2) is 9.18 Å². The molecular weight excluding hydrogens is 319 g/mol. The Bertz CT molecular complexity index is 621. The maximum absolute atomic E-state index is 13.7. The molecule has 7 nitrogen and oxygen atoms in total. The van der Waals surface area contributed by atoms with Crippen molar-refractivity contribution in [1.82, 2.24) is 10.6 Å². The van der Waals surface area contributed by atoms with Crippen LogP contribution in [0.25, 0.3) is 0 Å². The van der Waals surface area contributed by atoms with Crippen LogP contribution in [0.5, 0.6) is 5.75 Å². The molecule has 1 aromatic carbocycles. The quantitative estimate of drug-likeness (QED) is 0.852. The van der Waals surface area contributed by atoms with E-state index in [-0.39, 0.29) is 31.8 Å². The minimum Gasteiger partial charge on any atom is -0.467 e. The molecule has 8 heteroatoms. The number of fused-ring (bicyclic) bond motifs is 1. The van der Waals surface area contributed by atoms with E-state index < -0.39 is 18.0 Å². The first-order valence-corrected chi connectivity index (χ1v) is 7.56. The zero-order chi connectivity index (χ0) is 17.7. The summed E-state index contributed by atoms with van der Waals surface area (Å²) in [5, 5.41) is 5.17. The third kappa shape index (κ3) is 4.35. The predicted molar refractivity (Wildman–Crippen MR) is 82.7 cm³/mol. The van der Waals surface area contributed by atoms with Gasteiger partial charge in [0, 0.05) is 17.7 Å². The molecule has 132 valence electrons. The highest BCUT2D eigenvalue weighted by molar-refractivity contribution is 5.85. The van der Waals surface area contributed by atoms with E-state index in [9.17, 15) is 14.0 Å². The highest BCUT2D eigenvalue weighted by Crippen LogP contribution is 2.29. The van der Waals surface area contributed by atoms with Gasteiger partial charge in [-0.05, 0) is 18.1 Å². The lowest BCUT2D eigenvalue weighted by Gasteiger charge is -2.23. The number of rotatable bonds is 5. The number of ether oxygens (including phenoxy) is 3. The molecule has 2 amide bonds. The molecule has 0 bridgehead atoms. The maximum atomic E-state index is 13.7. The Kier molecular flexibility index (Phi) is 5.97. The van der Waals surface area contributed by atoms with Gasteiger partial charge in [-0.3, -0.25) is 4.79 Å². The standard InChI is InChI=1S/C16H21FN2O5/c1-9(2)13(19-16(21)22-3)15(20)18-6-10-4-12(17)5-11-7-23-8-24-14(10)11/h4-5,9,13H,6-8H2,1-3H3,(H,18,20)(H,19,21). The summed E-state index contributed by atoms with van der Waals surface area (Å²) < 4.78 is 28.7. The van der Waals surface area contributed by atoms with Crippen LogP contribution in [0, 0.1) is 11.7 Å². The summed E-state index contributed by atoms with van der Waals surface area (Å²) in [5.41, 5.74) is 1.11. The van der Waals surface area contributed by atoms with E-state index in [0.717, 1.165) is 0 Å². The van der Waals surface area contributed by atoms with Crippen molar-refractivity contribution in [2.75, 3.05) is 13.9 Å². The Morgan fingerprint density at radius 3 is 2.79 bits per heavy atom. The highest BCUT2D eigenvalue weighted by Gasteiger charge is 2.25. The Morgan fingerprint density at radius 1 is 1.38 bits per heavy atom. The number of hydrogen-bond donors (Lipinski definition) is 2. The first-order chi connectivity index (χ1) is 11.4. The molecule has 1 atom stereocenters. The van der Waals surface area contributed by atoms with E-state index in [0.29, 0.717) is 16.9 Å². The zero-order valence-corrected chi connectivity index (χ0v) is 13.8. The molecule has 1 aromatic rings. The summed E-state index contributed by atoms with van der Waals surface area (Å²) in [6, 6.07) is 1.89. The Morgan fingerprint density at radius 2 is 2.12 bits per heavy atom. The number of carbonyl (C=O) groups excluding carboxylic acids is 2. The van der Waals surface area contributed by atoms with Crippen molar-refractivity contribution in [3.8, 4) is 5.75 Å². The Labute approximate surface area is 139 Å². The van der Waals surface area contributed by atoms with E-state index in [1.165, 1.54) is 19.2 Å². The molecule has 0 saturated carbocycles. The molecule has 0 fully saturated rings. The topological polar surface area (TPSA) is 85.9 Å². The second kappa shape index (κ2) is 7.96. The average Bonchev–Trinajstić information content (AvgIpc) is 2.56. The lowest BCUT2D eigenvalue weighted by Crippen LogP contribution is -2.49. The molecule has 1 unspecified atom stereocenters. The molecule has 24 heavy (non-hydrogen) atoms. The van der Waals surface area contributed by atoms with Crippen LogP contribution in [0.4, 0.5) is 9.18 Å². The number of benzene rings is 1. The summed E-state index contributed by atoms with van der Waals surface area (Å²) in [6.45, 7) is 4.00. The van der Waals surface area contributed by atoms with E-state index >= 15 is 0 Å². The largest absolute Gasteiger partial charge is 0.467 e. The predicted octanol–water partition coefficient (Wildman–Crippen LogP) is 1.69. The van der Waals surface area contributed by atoms with Crippen LogP contribution < -0.4 is 15.4 Å². The zero-order valence-electron chi connectivity index (χ0n) is 13.8. The Hall–Kier alpha value is -2.35. The van der Waals surface area contributed by atoms with Gasteiger partial charge in [0.25, 0.3) is 0 Å². The molecule has 2 rings (SSSR count). The summed E-state index contributed by atoms with van der Waals surface area (Å²) in [4.78, 5) is 23.7. The third-order valence-corrected chi connectivity index (χ3v) is 3.61. The summed E-state index contributed by atoms with van der Waals surface area (Å²) in [7, 11) is 1.23. The van der Waals surface area contributed by atoms with Gasteiger partial charge in [-0.2, -0.15) is 0 Å². The van der Waals surface area contributed by atoms with E-state index in [1.807, 2.05) is 0 Å². The molecule has 0 aliphatic carbocycles. The number of carbonyl (C=O) groups is 2. The normalized spacial score (nSPS) is 14.4. The van der Waals surface area contributed by atoms with E-state index in [2.05, 4.69) is 15.4 Å². The summed E-state index contributed by atoms with van der Waals surface area (Å²) >= 11 is 0. The van der Waals surface area contributed by atoms with Crippen molar-refractivity contribution in [3.05, 3.63) is 29.1 Å². The molecule has 1 aliphatic heterocycles. The number of nitrogens with one attached hydrogen (secondary N) is 2. The van der Waals surface area contributed by atoms with Crippen molar-refractivity contribution in [2.24, 2.45) is 5.92 Å². The van der Waals surface area contributed by atoms with Gasteiger partial charge in [0.2, 0.25) is 5.91 Å². The molecule has 0 spiro atoms. The Balaban J connectivity index is 2.07. The van der Waals surface area contributed by atoms with Crippen molar-refractivity contribution >= 4 is 12.0 Å². The molecule has 0 saturated heterocycles. The fraction of sp³-hybridized carbons (Fsp3) is 0.500. The van der Waals surface area contributed by atoms with Crippen LogP contribution in [0.1, 0.15) is 25.0 Å². The molecule has 1 heterocycles. The smallest absolute Gasteiger partial charge is 0.407 e. The molecule has 2 N–H and O–H groups in total. The lowest BCUT2D eigenvalue weighted by atomic mass is 10.0. The van der Waals surface area contributed by atoms with Gasteiger partial charge >= 0.3 is 6.09 Å². The van der Waals surface area contributed by atoms with Gasteiger partial charge in [-0.1, -0.05) is 13.8 Å². The van der Waals surface area contributed by atoms with Gasteiger partial charge in [0.1, 0.15) is 17.6 Å². The number of alkyl carbamates (subject to hydrolysis) is 1. The second-order valence-electron chi connectivity index (χ2n) is 5.74. The minimum atomic E-state index is -0.758. The first kappa shape index (κ1) is 18.0. The summed E-state index contributed by atoms with van der Waals surface area (Å²) in [5.74, 6) is -0.444. The number of amides is 2. The third-order valence-electron chi connectivity index (χ3n) is 3.61. The van der Waals surface area contributed by atoms with E-state index in [4.69, 9.17) is 9.47 Å². The SMILES string of the molecule is COC(=O)NC(C(=O)NCc1cc(F)cc2c1OCOC2)C(C)C. The van der Waals surface area contributed by atoms with Crippen LogP contribution in [-0.2, 0) is 27.4 Å². The number of hydrogen-bond acceptors (Lipinski definition) is 5. The number of methoxy groups -OCH3 is 1. The van der Waals surface area contributed by atoms with Crippen molar-refractivity contribution in [2.45, 2.75) is 33.0 Å². The number of halogens is 1. The van der Waals surface area contributed by atoms with Crippen LogP contribution in [-0.4, -0.2) is 31.9 Å². The van der Waals surface area contributed by atoms with Gasteiger partial charge in [0.15, 0.2) is 6.79 Å².